The molecule has 0 unspecified atom stereocenters. The number of amides is 2. The number of carbonyl (C=O) groups is 3. The molecule has 25 heavy (non-hydrogen) atoms. The smallest absolute Gasteiger partial charge is 0.309 e. The van der Waals surface area contributed by atoms with Crippen LogP contribution in [0, 0.1) is 12.8 Å². The molecule has 0 spiro atoms. The van der Waals surface area contributed by atoms with Crippen molar-refractivity contribution in [3.05, 3.63) is 28.2 Å². The first-order chi connectivity index (χ1) is 11.9. The fourth-order valence-corrected chi connectivity index (χ4v) is 3.26. The van der Waals surface area contributed by atoms with Gasteiger partial charge in [-0.05, 0) is 43.5 Å². The SMILES string of the molecule is Cc1cc(Br)ccc1NC(=O)CN(C)C(=O)COC(=O)C1CCCC1. The third-order valence-corrected chi connectivity index (χ3v) is 4.79. The van der Waals surface area contributed by atoms with Crippen LogP contribution >= 0.6 is 15.9 Å². The number of rotatable bonds is 6. The van der Waals surface area contributed by atoms with Crippen LogP contribution < -0.4 is 5.32 Å². The summed E-state index contributed by atoms with van der Waals surface area (Å²) < 4.78 is 6.00. The van der Waals surface area contributed by atoms with Crippen molar-refractivity contribution in [1.29, 1.82) is 0 Å². The van der Waals surface area contributed by atoms with Crippen LogP contribution in [-0.4, -0.2) is 42.9 Å². The molecule has 2 amide bonds. The Bertz CT molecular complexity index is 656. The Morgan fingerprint density at radius 1 is 1.28 bits per heavy atom. The van der Waals surface area contributed by atoms with Gasteiger partial charge >= 0.3 is 5.97 Å². The minimum atomic E-state index is -0.394. The predicted molar refractivity (Wildman–Crippen MR) is 98.1 cm³/mol. The average Bonchev–Trinajstić information content (AvgIpc) is 3.09. The summed E-state index contributed by atoms with van der Waals surface area (Å²) in [5.74, 6) is -1.09. The molecule has 1 aromatic carbocycles. The van der Waals surface area contributed by atoms with Crippen LogP contribution in [0.4, 0.5) is 5.69 Å². The van der Waals surface area contributed by atoms with Gasteiger partial charge in [-0.15, -0.1) is 0 Å². The quantitative estimate of drug-likeness (QED) is 0.731. The van der Waals surface area contributed by atoms with Crippen LogP contribution in [0.1, 0.15) is 31.2 Å². The van der Waals surface area contributed by atoms with Crippen molar-refractivity contribution in [1.82, 2.24) is 4.90 Å². The Morgan fingerprint density at radius 3 is 2.60 bits per heavy atom. The van der Waals surface area contributed by atoms with Crippen molar-refractivity contribution in [3.63, 3.8) is 0 Å². The first kappa shape index (κ1) is 19.4. The molecule has 1 aliphatic carbocycles. The number of ether oxygens (including phenoxy) is 1. The minimum absolute atomic E-state index is 0.0817. The predicted octanol–water partition coefficient (Wildman–Crippen LogP) is 2.89. The molecule has 0 radical (unpaired) electrons. The monoisotopic (exact) mass is 410 g/mol. The third kappa shape index (κ3) is 5.85. The van der Waals surface area contributed by atoms with Crippen molar-refractivity contribution in [2.24, 2.45) is 5.92 Å². The van der Waals surface area contributed by atoms with E-state index in [9.17, 15) is 14.4 Å². The average molecular weight is 411 g/mol. The highest BCUT2D eigenvalue weighted by atomic mass is 79.9. The summed E-state index contributed by atoms with van der Waals surface area (Å²) in [6, 6.07) is 5.52. The van der Waals surface area contributed by atoms with Crippen molar-refractivity contribution >= 4 is 39.4 Å². The van der Waals surface area contributed by atoms with Gasteiger partial charge in [-0.2, -0.15) is 0 Å². The molecule has 0 aromatic heterocycles. The van der Waals surface area contributed by atoms with Gasteiger partial charge in [-0.3, -0.25) is 14.4 Å². The summed E-state index contributed by atoms with van der Waals surface area (Å²) in [6.45, 7) is 1.46. The molecule has 7 heteroatoms. The van der Waals surface area contributed by atoms with E-state index in [1.54, 1.807) is 6.07 Å². The van der Waals surface area contributed by atoms with Crippen molar-refractivity contribution in [3.8, 4) is 0 Å². The lowest BCUT2D eigenvalue weighted by Gasteiger charge is -2.18. The lowest BCUT2D eigenvalue weighted by Crippen LogP contribution is -2.37. The van der Waals surface area contributed by atoms with Crippen LogP contribution in [-0.2, 0) is 19.1 Å². The standard InChI is InChI=1S/C18H23BrN2O4/c1-12-9-14(19)7-8-15(12)20-16(22)10-21(2)17(23)11-25-18(24)13-5-3-4-6-13/h7-9,13H,3-6,10-11H2,1-2H3,(H,20,22). The van der Waals surface area contributed by atoms with E-state index in [4.69, 9.17) is 4.74 Å². The van der Waals surface area contributed by atoms with Gasteiger partial charge in [0, 0.05) is 17.2 Å². The number of likely N-dealkylation sites (N-methyl/N-ethyl adjacent to an activating group) is 1. The zero-order chi connectivity index (χ0) is 18.4. The number of anilines is 1. The number of benzene rings is 1. The Hall–Kier alpha value is -1.89. The van der Waals surface area contributed by atoms with Gasteiger partial charge in [0.15, 0.2) is 6.61 Å². The van der Waals surface area contributed by atoms with Crippen LogP contribution in [0.3, 0.4) is 0 Å². The van der Waals surface area contributed by atoms with Crippen LogP contribution in [0.15, 0.2) is 22.7 Å². The van der Waals surface area contributed by atoms with E-state index >= 15 is 0 Å². The molecule has 0 saturated heterocycles. The fourth-order valence-electron chi connectivity index (χ4n) is 2.78. The third-order valence-electron chi connectivity index (χ3n) is 4.30. The van der Waals surface area contributed by atoms with Crippen molar-refractivity contribution < 1.29 is 19.1 Å². The molecule has 0 bridgehead atoms. The minimum Gasteiger partial charge on any atom is -0.455 e. The summed E-state index contributed by atoms with van der Waals surface area (Å²) in [5, 5.41) is 2.77. The molecule has 6 nitrogen and oxygen atoms in total. The maximum absolute atomic E-state index is 12.1. The van der Waals surface area contributed by atoms with Crippen LogP contribution in [0.25, 0.3) is 0 Å². The molecule has 1 N–H and O–H groups in total. The second-order valence-corrected chi connectivity index (χ2v) is 7.26. The van der Waals surface area contributed by atoms with E-state index in [1.165, 1.54) is 11.9 Å². The first-order valence-corrected chi connectivity index (χ1v) is 9.12. The van der Waals surface area contributed by atoms with Crippen LogP contribution in [0.2, 0.25) is 0 Å². The lowest BCUT2D eigenvalue weighted by molar-refractivity contribution is -0.155. The fraction of sp³-hybridized carbons (Fsp3) is 0.500. The molecule has 1 aromatic rings. The highest BCUT2D eigenvalue weighted by Gasteiger charge is 2.25. The second kappa shape index (κ2) is 8.99. The maximum atomic E-state index is 12.1. The number of halogens is 1. The summed E-state index contributed by atoms with van der Waals surface area (Å²) >= 11 is 3.37. The van der Waals surface area contributed by atoms with E-state index in [2.05, 4.69) is 21.2 Å². The Balaban J connectivity index is 1.77. The van der Waals surface area contributed by atoms with Gasteiger partial charge in [0.1, 0.15) is 0 Å². The lowest BCUT2D eigenvalue weighted by atomic mass is 10.1. The highest BCUT2D eigenvalue weighted by Crippen LogP contribution is 2.25. The molecule has 2 rings (SSSR count). The van der Waals surface area contributed by atoms with Crippen LogP contribution in [0.5, 0.6) is 0 Å². The van der Waals surface area contributed by atoms with Gasteiger partial charge in [-0.25, -0.2) is 0 Å². The normalized spacial score (nSPS) is 14.2. The van der Waals surface area contributed by atoms with E-state index < -0.39 is 5.91 Å². The molecule has 1 saturated carbocycles. The number of esters is 1. The largest absolute Gasteiger partial charge is 0.455 e. The van der Waals surface area contributed by atoms with Gasteiger partial charge in [0.25, 0.3) is 5.91 Å². The summed E-state index contributed by atoms with van der Waals surface area (Å²) in [5.41, 5.74) is 1.61. The van der Waals surface area contributed by atoms with E-state index in [0.717, 1.165) is 35.7 Å². The second-order valence-electron chi connectivity index (χ2n) is 6.35. The summed E-state index contributed by atoms with van der Waals surface area (Å²) in [7, 11) is 1.51. The zero-order valence-corrected chi connectivity index (χ0v) is 16.1. The maximum Gasteiger partial charge on any atom is 0.309 e. The molecular formula is C18H23BrN2O4. The highest BCUT2D eigenvalue weighted by molar-refractivity contribution is 9.10. The van der Waals surface area contributed by atoms with Gasteiger partial charge in [-0.1, -0.05) is 28.8 Å². The Kier molecular flexibility index (Phi) is 6.99. The summed E-state index contributed by atoms with van der Waals surface area (Å²) in [6.07, 6.45) is 3.72. The number of nitrogens with zero attached hydrogens (tertiary/aromatic N) is 1. The van der Waals surface area contributed by atoms with Gasteiger partial charge < -0.3 is 15.0 Å². The molecule has 1 fully saturated rings. The van der Waals surface area contributed by atoms with Crippen molar-refractivity contribution in [2.45, 2.75) is 32.6 Å². The molecule has 0 atom stereocenters. The number of nitrogens with one attached hydrogen (secondary N) is 1. The van der Waals surface area contributed by atoms with E-state index in [-0.39, 0.29) is 30.9 Å². The van der Waals surface area contributed by atoms with E-state index in [1.807, 2.05) is 19.1 Å². The number of aryl methyl sites for hydroxylation is 1. The molecule has 1 aliphatic rings. The number of carbonyl (C=O) groups excluding carboxylic acids is 3. The zero-order valence-electron chi connectivity index (χ0n) is 14.5. The Morgan fingerprint density at radius 2 is 1.96 bits per heavy atom. The first-order valence-electron chi connectivity index (χ1n) is 8.33. The molecule has 0 heterocycles. The molecular weight excluding hydrogens is 388 g/mol. The molecule has 136 valence electrons. The van der Waals surface area contributed by atoms with Gasteiger partial charge in [0.2, 0.25) is 5.91 Å². The number of hydrogen-bond acceptors (Lipinski definition) is 4. The summed E-state index contributed by atoms with van der Waals surface area (Å²) in [4.78, 5) is 37.2. The van der Waals surface area contributed by atoms with Gasteiger partial charge in [0.05, 0.1) is 12.5 Å². The Labute approximate surface area is 156 Å². The number of hydrogen-bond donors (Lipinski definition) is 1. The molecule has 0 aliphatic heterocycles. The van der Waals surface area contributed by atoms with Crippen molar-refractivity contribution in [2.75, 3.05) is 25.5 Å². The topological polar surface area (TPSA) is 75.7 Å². The van der Waals surface area contributed by atoms with E-state index in [0.29, 0.717) is 5.69 Å².